The number of rotatable bonds is 6. The van der Waals surface area contributed by atoms with E-state index in [9.17, 15) is 0 Å². The number of unbranched alkanes of at least 4 members (excludes halogenated alkanes) is 2. The van der Waals surface area contributed by atoms with Crippen LogP contribution in [0.3, 0.4) is 0 Å². The minimum atomic E-state index is 0.871. The second-order valence-corrected chi connectivity index (χ2v) is 2.27. The van der Waals surface area contributed by atoms with Crippen molar-refractivity contribution in [1.29, 1.82) is 0 Å². The van der Waals surface area contributed by atoms with E-state index in [1.807, 2.05) is 0 Å². The van der Waals surface area contributed by atoms with E-state index >= 15 is 0 Å². The molecule has 0 aromatic heterocycles. The first-order valence-electron chi connectivity index (χ1n) is 3.93. The fourth-order valence-corrected chi connectivity index (χ4v) is 0.678. The first kappa shape index (κ1) is 9.52. The average molecular weight is 140 g/mol. The Kier molecular flexibility index (Phi) is 8.11. The Labute approximate surface area is 63.8 Å². The van der Waals surface area contributed by atoms with Crippen molar-refractivity contribution in [3.05, 3.63) is 0 Å². The van der Waals surface area contributed by atoms with E-state index in [2.05, 4.69) is 12.8 Å². The van der Waals surface area contributed by atoms with Crippen LogP contribution in [0.5, 0.6) is 0 Å². The fourth-order valence-electron chi connectivity index (χ4n) is 0.678. The van der Waals surface area contributed by atoms with Crippen LogP contribution in [0.25, 0.3) is 0 Å². The van der Waals surface area contributed by atoms with E-state index in [0.29, 0.717) is 0 Å². The minimum absolute atomic E-state index is 0.871. The number of hydrogen-bond donors (Lipinski definition) is 0. The molecule has 0 bridgehead atoms. The Balaban J connectivity index is 2.72. The van der Waals surface area contributed by atoms with E-state index in [-0.39, 0.29) is 0 Å². The van der Waals surface area contributed by atoms with Gasteiger partial charge in [-0.15, -0.1) is 12.3 Å². The van der Waals surface area contributed by atoms with Gasteiger partial charge in [0.15, 0.2) is 0 Å². The van der Waals surface area contributed by atoms with Gasteiger partial charge in [-0.1, -0.05) is 6.92 Å². The summed E-state index contributed by atoms with van der Waals surface area (Å²) in [5.41, 5.74) is 0. The van der Waals surface area contributed by atoms with Crippen LogP contribution in [0.4, 0.5) is 0 Å². The lowest BCUT2D eigenvalue weighted by atomic mass is 10.2. The summed E-state index contributed by atoms with van der Waals surface area (Å²) in [6, 6.07) is 0. The first-order chi connectivity index (χ1) is 4.91. The first-order valence-corrected chi connectivity index (χ1v) is 3.93. The molecule has 0 saturated carbocycles. The maximum Gasteiger partial charge on any atom is 0.0466 e. The Bertz CT molecular complexity index is 91.4. The van der Waals surface area contributed by atoms with Gasteiger partial charge in [0.25, 0.3) is 0 Å². The molecule has 0 heterocycles. The molecule has 0 amide bonds. The molecule has 10 heavy (non-hydrogen) atoms. The van der Waals surface area contributed by atoms with Crippen LogP contribution >= 0.6 is 0 Å². The Hall–Kier alpha value is -0.480. The van der Waals surface area contributed by atoms with Crippen LogP contribution in [0, 0.1) is 12.3 Å². The molecule has 0 atom stereocenters. The molecule has 0 radical (unpaired) electrons. The van der Waals surface area contributed by atoms with Crippen molar-refractivity contribution >= 4 is 0 Å². The highest BCUT2D eigenvalue weighted by atomic mass is 16.5. The summed E-state index contributed by atoms with van der Waals surface area (Å²) in [7, 11) is 0. The summed E-state index contributed by atoms with van der Waals surface area (Å²) in [4.78, 5) is 0. The largest absolute Gasteiger partial charge is 0.381 e. The predicted molar refractivity (Wildman–Crippen MR) is 43.8 cm³/mol. The lowest BCUT2D eigenvalue weighted by Gasteiger charge is -1.99. The Morgan fingerprint density at radius 1 is 1.30 bits per heavy atom. The van der Waals surface area contributed by atoms with Gasteiger partial charge in [0.2, 0.25) is 0 Å². The number of hydrogen-bond acceptors (Lipinski definition) is 1. The number of ether oxygens (including phenoxy) is 1. The molecular weight excluding hydrogens is 124 g/mol. The zero-order valence-corrected chi connectivity index (χ0v) is 6.73. The van der Waals surface area contributed by atoms with Gasteiger partial charge in [-0.05, 0) is 19.3 Å². The maximum absolute atomic E-state index is 5.26. The molecule has 0 rings (SSSR count). The van der Waals surface area contributed by atoms with Crippen molar-refractivity contribution in [3.63, 3.8) is 0 Å². The summed E-state index contributed by atoms with van der Waals surface area (Å²) in [5, 5.41) is 0. The van der Waals surface area contributed by atoms with Crippen molar-refractivity contribution in [2.75, 3.05) is 13.2 Å². The molecule has 58 valence electrons. The molecule has 0 N–H and O–H groups in total. The Morgan fingerprint density at radius 2 is 2.10 bits per heavy atom. The van der Waals surface area contributed by atoms with Crippen molar-refractivity contribution in [3.8, 4) is 12.3 Å². The second-order valence-electron chi connectivity index (χ2n) is 2.27. The zero-order chi connectivity index (χ0) is 7.66. The van der Waals surface area contributed by atoms with E-state index in [0.717, 1.165) is 38.9 Å². The van der Waals surface area contributed by atoms with Crippen LogP contribution in [-0.2, 0) is 4.74 Å². The van der Waals surface area contributed by atoms with Crippen molar-refractivity contribution in [1.82, 2.24) is 0 Å². The summed E-state index contributed by atoms with van der Waals surface area (Å²) in [6.07, 6.45) is 9.27. The predicted octanol–water partition coefficient (Wildman–Crippen LogP) is 2.22. The molecule has 0 aliphatic carbocycles. The van der Waals surface area contributed by atoms with Crippen LogP contribution in [0.1, 0.15) is 32.6 Å². The SMILES string of the molecule is C#CCCCCOCCC. The van der Waals surface area contributed by atoms with E-state index in [4.69, 9.17) is 11.2 Å². The normalized spacial score (nSPS) is 9.20. The highest BCUT2D eigenvalue weighted by Gasteiger charge is 1.85. The summed E-state index contributed by atoms with van der Waals surface area (Å²) in [6.45, 7) is 3.87. The van der Waals surface area contributed by atoms with Gasteiger partial charge in [0.1, 0.15) is 0 Å². The third-order valence-electron chi connectivity index (χ3n) is 1.21. The molecule has 1 heteroatoms. The monoisotopic (exact) mass is 140 g/mol. The van der Waals surface area contributed by atoms with Crippen molar-refractivity contribution in [2.24, 2.45) is 0 Å². The minimum Gasteiger partial charge on any atom is -0.381 e. The smallest absolute Gasteiger partial charge is 0.0466 e. The zero-order valence-electron chi connectivity index (χ0n) is 6.73. The topological polar surface area (TPSA) is 9.23 Å². The van der Waals surface area contributed by atoms with E-state index in [1.54, 1.807) is 0 Å². The molecule has 0 fully saturated rings. The molecule has 0 aromatic rings. The molecule has 0 aliphatic rings. The van der Waals surface area contributed by atoms with Crippen molar-refractivity contribution in [2.45, 2.75) is 32.6 Å². The van der Waals surface area contributed by atoms with Crippen molar-refractivity contribution < 1.29 is 4.74 Å². The molecule has 0 unspecified atom stereocenters. The number of terminal acetylenes is 1. The standard InChI is InChI=1S/C9H16O/c1-3-5-6-7-9-10-8-4-2/h1H,4-9H2,2H3. The van der Waals surface area contributed by atoms with Crippen LogP contribution in [0.2, 0.25) is 0 Å². The summed E-state index contributed by atoms with van der Waals surface area (Å²) >= 11 is 0. The van der Waals surface area contributed by atoms with Gasteiger partial charge in [0.05, 0.1) is 0 Å². The van der Waals surface area contributed by atoms with Crippen LogP contribution < -0.4 is 0 Å². The Morgan fingerprint density at radius 3 is 2.70 bits per heavy atom. The molecule has 0 aromatic carbocycles. The van der Waals surface area contributed by atoms with Gasteiger partial charge in [-0.25, -0.2) is 0 Å². The van der Waals surface area contributed by atoms with Crippen LogP contribution in [0.15, 0.2) is 0 Å². The second kappa shape index (κ2) is 8.52. The third-order valence-corrected chi connectivity index (χ3v) is 1.21. The lowest BCUT2D eigenvalue weighted by Crippen LogP contribution is -1.94. The average Bonchev–Trinajstić information content (AvgIpc) is 1.97. The van der Waals surface area contributed by atoms with Gasteiger partial charge < -0.3 is 4.74 Å². The molecular formula is C9H16O. The fraction of sp³-hybridized carbons (Fsp3) is 0.778. The summed E-state index contributed by atoms with van der Waals surface area (Å²) < 4.78 is 5.26. The highest BCUT2D eigenvalue weighted by Crippen LogP contribution is 1.94. The summed E-state index contributed by atoms with van der Waals surface area (Å²) in [5.74, 6) is 2.60. The molecule has 0 saturated heterocycles. The maximum atomic E-state index is 5.26. The van der Waals surface area contributed by atoms with Crippen LogP contribution in [-0.4, -0.2) is 13.2 Å². The van der Waals surface area contributed by atoms with E-state index < -0.39 is 0 Å². The molecule has 1 nitrogen and oxygen atoms in total. The lowest BCUT2D eigenvalue weighted by molar-refractivity contribution is 0.131. The molecule has 0 spiro atoms. The highest BCUT2D eigenvalue weighted by molar-refractivity contribution is 4.82. The van der Waals surface area contributed by atoms with Gasteiger partial charge in [0, 0.05) is 19.6 Å². The van der Waals surface area contributed by atoms with Gasteiger partial charge in [-0.2, -0.15) is 0 Å². The molecule has 0 aliphatic heterocycles. The van der Waals surface area contributed by atoms with E-state index in [1.165, 1.54) is 0 Å². The quantitative estimate of drug-likeness (QED) is 0.406. The van der Waals surface area contributed by atoms with Gasteiger partial charge in [-0.3, -0.25) is 0 Å². The van der Waals surface area contributed by atoms with Gasteiger partial charge >= 0.3 is 0 Å². The third kappa shape index (κ3) is 7.52.